The summed E-state index contributed by atoms with van der Waals surface area (Å²) < 4.78 is 5.91. The van der Waals surface area contributed by atoms with E-state index in [-0.39, 0.29) is 6.10 Å². The molecule has 0 aromatic heterocycles. The van der Waals surface area contributed by atoms with Gasteiger partial charge in [-0.1, -0.05) is 66.7 Å². The van der Waals surface area contributed by atoms with Gasteiger partial charge in [0.1, 0.15) is 6.29 Å². The maximum absolute atomic E-state index is 10.9. The molecule has 0 radical (unpaired) electrons. The predicted octanol–water partition coefficient (Wildman–Crippen LogP) is 5.64. The summed E-state index contributed by atoms with van der Waals surface area (Å²) in [6, 6.07) is 23.2. The Balaban J connectivity index is 1.57. The Morgan fingerprint density at radius 3 is 2.03 bits per heavy atom. The number of carbonyl (C=O) groups excluding carboxylic acids is 1. The smallest absolute Gasteiger partial charge is 0.150 e. The van der Waals surface area contributed by atoms with E-state index < -0.39 is 0 Å². The molecule has 0 saturated heterocycles. The van der Waals surface area contributed by atoms with Gasteiger partial charge < -0.3 is 9.64 Å². The lowest BCUT2D eigenvalue weighted by atomic mass is 9.80. The third kappa shape index (κ3) is 4.23. The minimum Gasteiger partial charge on any atom is -0.376 e. The molecule has 1 aliphatic carbocycles. The van der Waals surface area contributed by atoms with Crippen molar-refractivity contribution in [1.29, 1.82) is 0 Å². The number of aryl methyl sites for hydroxylation is 1. The van der Waals surface area contributed by atoms with Crippen LogP contribution in [0.3, 0.4) is 0 Å². The summed E-state index contributed by atoms with van der Waals surface area (Å²) in [6.07, 6.45) is 3.30. The van der Waals surface area contributed by atoms with Gasteiger partial charge in [0.05, 0.1) is 6.10 Å². The highest BCUT2D eigenvalue weighted by Crippen LogP contribution is 2.39. The van der Waals surface area contributed by atoms with E-state index in [4.69, 9.17) is 4.74 Å². The lowest BCUT2D eigenvalue weighted by Gasteiger charge is -2.34. The van der Waals surface area contributed by atoms with Gasteiger partial charge in [0.15, 0.2) is 0 Å². The standard InChI is InChI=1S/C27H29NO2/c1-28(2)17-25-13-12-24-16-23(14-15-26(24)27(25)30-3)22-10-8-21(9-11-22)20-6-4-19(18-29)5-7-20/h4-11,14-16,18,25,27H,12-13,17H2,1-3H3. The molecule has 4 rings (SSSR count). The molecule has 2 atom stereocenters. The summed E-state index contributed by atoms with van der Waals surface area (Å²) in [5.41, 5.74) is 8.18. The van der Waals surface area contributed by atoms with Crippen molar-refractivity contribution in [2.75, 3.05) is 27.7 Å². The van der Waals surface area contributed by atoms with Crippen molar-refractivity contribution in [1.82, 2.24) is 4.90 Å². The Labute approximate surface area is 179 Å². The van der Waals surface area contributed by atoms with Crippen LogP contribution >= 0.6 is 0 Å². The summed E-state index contributed by atoms with van der Waals surface area (Å²) in [6.45, 7) is 1.05. The number of methoxy groups -OCH3 is 1. The van der Waals surface area contributed by atoms with Crippen LogP contribution in [0.1, 0.15) is 34.0 Å². The second-order valence-corrected chi connectivity index (χ2v) is 8.45. The van der Waals surface area contributed by atoms with E-state index in [0.29, 0.717) is 11.5 Å². The summed E-state index contributed by atoms with van der Waals surface area (Å²) >= 11 is 0. The van der Waals surface area contributed by atoms with Gasteiger partial charge >= 0.3 is 0 Å². The molecule has 0 heterocycles. The Morgan fingerprint density at radius 1 is 0.900 bits per heavy atom. The van der Waals surface area contributed by atoms with Crippen molar-refractivity contribution in [2.45, 2.75) is 18.9 Å². The van der Waals surface area contributed by atoms with Crippen LogP contribution in [0.4, 0.5) is 0 Å². The van der Waals surface area contributed by atoms with Crippen molar-refractivity contribution in [3.05, 3.63) is 83.4 Å². The molecule has 0 spiro atoms. The maximum Gasteiger partial charge on any atom is 0.150 e. The van der Waals surface area contributed by atoms with E-state index in [1.54, 1.807) is 0 Å². The summed E-state index contributed by atoms with van der Waals surface area (Å²) in [5.74, 6) is 0.535. The quantitative estimate of drug-likeness (QED) is 0.502. The van der Waals surface area contributed by atoms with E-state index >= 15 is 0 Å². The van der Waals surface area contributed by atoms with Gasteiger partial charge in [-0.05, 0) is 60.3 Å². The van der Waals surface area contributed by atoms with Crippen LogP contribution in [-0.4, -0.2) is 38.9 Å². The molecule has 0 saturated carbocycles. The first-order chi connectivity index (χ1) is 14.6. The van der Waals surface area contributed by atoms with Crippen LogP contribution in [0.15, 0.2) is 66.7 Å². The van der Waals surface area contributed by atoms with Crippen LogP contribution in [0, 0.1) is 5.92 Å². The van der Waals surface area contributed by atoms with Gasteiger partial charge in [0.2, 0.25) is 0 Å². The lowest BCUT2D eigenvalue weighted by Crippen LogP contribution is -2.31. The molecule has 1 aliphatic rings. The molecule has 0 bridgehead atoms. The molecule has 3 aromatic rings. The van der Waals surface area contributed by atoms with Crippen LogP contribution < -0.4 is 0 Å². The summed E-state index contributed by atoms with van der Waals surface area (Å²) in [4.78, 5) is 13.1. The highest BCUT2D eigenvalue weighted by molar-refractivity contribution is 5.77. The van der Waals surface area contributed by atoms with Gasteiger partial charge in [-0.15, -0.1) is 0 Å². The fourth-order valence-corrected chi connectivity index (χ4v) is 4.61. The topological polar surface area (TPSA) is 29.5 Å². The number of ether oxygens (including phenoxy) is 1. The SMILES string of the molecule is COC1c2ccc(-c3ccc(-c4ccc(C=O)cc4)cc3)cc2CCC1CN(C)C. The Morgan fingerprint density at radius 2 is 1.47 bits per heavy atom. The highest BCUT2D eigenvalue weighted by atomic mass is 16.5. The molecule has 0 N–H and O–H groups in total. The number of aldehydes is 1. The molecule has 0 amide bonds. The first-order valence-corrected chi connectivity index (χ1v) is 10.6. The normalized spacial score (nSPS) is 18.3. The second-order valence-electron chi connectivity index (χ2n) is 8.45. The van der Waals surface area contributed by atoms with Crippen LogP contribution in [-0.2, 0) is 11.2 Å². The molecule has 3 heteroatoms. The number of hydrogen-bond acceptors (Lipinski definition) is 3. The van der Waals surface area contributed by atoms with Crippen molar-refractivity contribution in [2.24, 2.45) is 5.92 Å². The van der Waals surface area contributed by atoms with Gasteiger partial charge in [0, 0.05) is 25.1 Å². The first kappa shape index (κ1) is 20.5. The van der Waals surface area contributed by atoms with Crippen molar-refractivity contribution in [3.63, 3.8) is 0 Å². The van der Waals surface area contributed by atoms with E-state index in [2.05, 4.69) is 61.5 Å². The van der Waals surface area contributed by atoms with Gasteiger partial charge in [-0.25, -0.2) is 0 Å². The van der Waals surface area contributed by atoms with Gasteiger partial charge in [-0.3, -0.25) is 4.79 Å². The molecular formula is C27H29NO2. The third-order valence-electron chi connectivity index (χ3n) is 6.11. The molecule has 154 valence electrons. The Hall–Kier alpha value is -2.75. The lowest BCUT2D eigenvalue weighted by molar-refractivity contribution is 0.0299. The fourth-order valence-electron chi connectivity index (χ4n) is 4.61. The largest absolute Gasteiger partial charge is 0.376 e. The number of fused-ring (bicyclic) bond motifs is 1. The molecule has 0 aliphatic heterocycles. The molecule has 3 aromatic carbocycles. The molecule has 30 heavy (non-hydrogen) atoms. The van der Waals surface area contributed by atoms with Crippen LogP contribution in [0.5, 0.6) is 0 Å². The number of hydrogen-bond donors (Lipinski definition) is 0. The van der Waals surface area contributed by atoms with Crippen molar-refractivity contribution in [3.8, 4) is 22.3 Å². The van der Waals surface area contributed by atoms with E-state index in [9.17, 15) is 4.79 Å². The van der Waals surface area contributed by atoms with E-state index in [1.807, 2.05) is 31.4 Å². The third-order valence-corrected chi connectivity index (χ3v) is 6.11. The van der Waals surface area contributed by atoms with Crippen molar-refractivity contribution >= 4 is 6.29 Å². The minimum absolute atomic E-state index is 0.168. The highest BCUT2D eigenvalue weighted by Gasteiger charge is 2.30. The van der Waals surface area contributed by atoms with Gasteiger partial charge in [-0.2, -0.15) is 0 Å². The van der Waals surface area contributed by atoms with Crippen LogP contribution in [0.2, 0.25) is 0 Å². The maximum atomic E-state index is 10.9. The van der Waals surface area contributed by atoms with E-state index in [1.165, 1.54) is 22.3 Å². The number of rotatable bonds is 6. The molecule has 0 fully saturated rings. The zero-order valence-corrected chi connectivity index (χ0v) is 18.0. The first-order valence-electron chi connectivity index (χ1n) is 10.6. The number of nitrogens with zero attached hydrogens (tertiary/aromatic N) is 1. The van der Waals surface area contributed by atoms with Gasteiger partial charge in [0.25, 0.3) is 0 Å². The summed E-state index contributed by atoms with van der Waals surface area (Å²) in [7, 11) is 6.09. The Kier molecular flexibility index (Phi) is 6.12. The number of carbonyl (C=O) groups is 1. The zero-order valence-electron chi connectivity index (χ0n) is 18.0. The van der Waals surface area contributed by atoms with Crippen molar-refractivity contribution < 1.29 is 9.53 Å². The minimum atomic E-state index is 0.168. The predicted molar refractivity (Wildman–Crippen MR) is 123 cm³/mol. The fraction of sp³-hybridized carbons (Fsp3) is 0.296. The molecular weight excluding hydrogens is 370 g/mol. The molecule has 2 unspecified atom stereocenters. The zero-order chi connectivity index (χ0) is 21.1. The monoisotopic (exact) mass is 399 g/mol. The second kappa shape index (κ2) is 8.95. The van der Waals surface area contributed by atoms with Crippen LogP contribution in [0.25, 0.3) is 22.3 Å². The average molecular weight is 400 g/mol. The number of benzene rings is 3. The Bertz CT molecular complexity index is 1010. The molecule has 3 nitrogen and oxygen atoms in total. The van der Waals surface area contributed by atoms with E-state index in [0.717, 1.165) is 36.8 Å². The summed E-state index contributed by atoms with van der Waals surface area (Å²) in [5, 5.41) is 0. The average Bonchev–Trinajstić information content (AvgIpc) is 2.78.